The minimum absolute atomic E-state index is 0.0521. The van der Waals surface area contributed by atoms with Crippen molar-refractivity contribution in [2.75, 3.05) is 11.9 Å². The summed E-state index contributed by atoms with van der Waals surface area (Å²) in [5, 5.41) is 5.73. The fourth-order valence-electron chi connectivity index (χ4n) is 4.12. The van der Waals surface area contributed by atoms with Crippen molar-refractivity contribution in [1.29, 1.82) is 0 Å². The zero-order valence-corrected chi connectivity index (χ0v) is 17.1. The molecule has 1 aromatic carbocycles. The maximum Gasteiger partial charge on any atom is 0.235 e. The van der Waals surface area contributed by atoms with Crippen molar-refractivity contribution in [1.82, 2.24) is 20.3 Å². The maximum absolute atomic E-state index is 12.3. The Labute approximate surface area is 173 Å². The predicted molar refractivity (Wildman–Crippen MR) is 112 cm³/mol. The molecule has 8 nitrogen and oxygen atoms in total. The van der Waals surface area contributed by atoms with Crippen LogP contribution in [0.3, 0.4) is 0 Å². The first kappa shape index (κ1) is 18.6. The van der Waals surface area contributed by atoms with Crippen LogP contribution in [0, 0.1) is 5.92 Å². The second kappa shape index (κ2) is 6.55. The van der Waals surface area contributed by atoms with Crippen molar-refractivity contribution < 1.29 is 14.3 Å². The molecule has 2 aliphatic rings. The standard InChI is InChI=1S/C22H23N5O3/c1-11(13-8-18(28)23-9-13)30-17-7-12(6-16-19(17)25-10-24-16)15-5-4-14-20(26-15)27-21(29)22(14,2)3/h4-7,10-11,13H,8-9H2,1-3H3,(H,23,28)(H,24,25)(H,26,27,29)/t11-,13-/m1/s1. The first-order valence-corrected chi connectivity index (χ1v) is 10.1. The highest BCUT2D eigenvalue weighted by Crippen LogP contribution is 2.38. The molecule has 2 aliphatic heterocycles. The van der Waals surface area contributed by atoms with E-state index in [0.29, 0.717) is 24.5 Å². The molecular weight excluding hydrogens is 382 g/mol. The molecule has 0 spiro atoms. The van der Waals surface area contributed by atoms with Gasteiger partial charge in [0.1, 0.15) is 23.2 Å². The van der Waals surface area contributed by atoms with Gasteiger partial charge in [0.25, 0.3) is 0 Å². The summed E-state index contributed by atoms with van der Waals surface area (Å²) in [5.41, 5.74) is 3.46. The van der Waals surface area contributed by atoms with Crippen LogP contribution in [0.5, 0.6) is 5.75 Å². The zero-order valence-electron chi connectivity index (χ0n) is 17.1. The summed E-state index contributed by atoms with van der Waals surface area (Å²) in [5.74, 6) is 1.36. The number of H-pyrrole nitrogens is 1. The number of imidazole rings is 1. The maximum atomic E-state index is 12.3. The van der Waals surface area contributed by atoms with Gasteiger partial charge in [-0.1, -0.05) is 6.07 Å². The molecule has 0 aliphatic carbocycles. The van der Waals surface area contributed by atoms with Gasteiger partial charge in [0.15, 0.2) is 0 Å². The van der Waals surface area contributed by atoms with Gasteiger partial charge in [0, 0.05) is 30.0 Å². The average Bonchev–Trinajstić information content (AvgIpc) is 3.40. The summed E-state index contributed by atoms with van der Waals surface area (Å²) < 4.78 is 6.25. The molecule has 0 saturated carbocycles. The lowest BCUT2D eigenvalue weighted by molar-refractivity contribution is -0.120. The number of benzene rings is 1. The third-order valence-corrected chi connectivity index (χ3v) is 6.14. The fourth-order valence-corrected chi connectivity index (χ4v) is 4.12. The van der Waals surface area contributed by atoms with Crippen LogP contribution in [-0.4, -0.2) is 39.4 Å². The molecule has 154 valence electrons. The minimum Gasteiger partial charge on any atom is -0.488 e. The molecule has 0 unspecified atom stereocenters. The molecule has 1 fully saturated rings. The molecule has 4 heterocycles. The second-order valence-corrected chi connectivity index (χ2v) is 8.54. The van der Waals surface area contributed by atoms with E-state index < -0.39 is 5.41 Å². The Morgan fingerprint density at radius 3 is 2.83 bits per heavy atom. The highest BCUT2D eigenvalue weighted by Gasteiger charge is 2.39. The van der Waals surface area contributed by atoms with Crippen LogP contribution in [-0.2, 0) is 15.0 Å². The van der Waals surface area contributed by atoms with E-state index in [9.17, 15) is 9.59 Å². The monoisotopic (exact) mass is 405 g/mol. The van der Waals surface area contributed by atoms with Crippen molar-refractivity contribution in [2.24, 2.45) is 5.92 Å². The van der Waals surface area contributed by atoms with Gasteiger partial charge in [0.2, 0.25) is 11.8 Å². The molecule has 1 saturated heterocycles. The Kier molecular flexibility index (Phi) is 4.06. The largest absolute Gasteiger partial charge is 0.488 e. The summed E-state index contributed by atoms with van der Waals surface area (Å²) in [7, 11) is 0. The van der Waals surface area contributed by atoms with E-state index in [4.69, 9.17) is 9.72 Å². The topological polar surface area (TPSA) is 109 Å². The van der Waals surface area contributed by atoms with Gasteiger partial charge in [-0.3, -0.25) is 9.59 Å². The van der Waals surface area contributed by atoms with Gasteiger partial charge in [-0.15, -0.1) is 0 Å². The zero-order chi connectivity index (χ0) is 21.0. The van der Waals surface area contributed by atoms with Crippen molar-refractivity contribution in [3.63, 3.8) is 0 Å². The van der Waals surface area contributed by atoms with Gasteiger partial charge in [-0.05, 0) is 39.0 Å². The lowest BCUT2D eigenvalue weighted by atomic mass is 9.87. The number of ether oxygens (including phenoxy) is 1. The lowest BCUT2D eigenvalue weighted by Crippen LogP contribution is -2.26. The molecule has 2 aromatic heterocycles. The number of hydrogen-bond donors (Lipinski definition) is 3. The Morgan fingerprint density at radius 2 is 2.07 bits per heavy atom. The molecule has 30 heavy (non-hydrogen) atoms. The van der Waals surface area contributed by atoms with Crippen LogP contribution >= 0.6 is 0 Å². The number of fused-ring (bicyclic) bond motifs is 2. The van der Waals surface area contributed by atoms with Crippen molar-refractivity contribution in [2.45, 2.75) is 38.7 Å². The SMILES string of the molecule is C[C@@H](Oc1cc(-c2ccc3c(n2)NC(=O)C3(C)C)cc2[nH]cnc12)[C@H]1CNC(=O)C1. The summed E-state index contributed by atoms with van der Waals surface area (Å²) in [6, 6.07) is 7.76. The molecular formula is C22H23N5O3. The summed E-state index contributed by atoms with van der Waals surface area (Å²) in [6.45, 7) is 6.37. The normalized spacial score (nSPS) is 20.7. The van der Waals surface area contributed by atoms with Crippen LogP contribution in [0.15, 0.2) is 30.6 Å². The highest BCUT2D eigenvalue weighted by molar-refractivity contribution is 6.05. The number of rotatable bonds is 4. The van der Waals surface area contributed by atoms with Crippen LogP contribution in [0.25, 0.3) is 22.3 Å². The Morgan fingerprint density at radius 1 is 1.23 bits per heavy atom. The molecule has 3 aromatic rings. The number of nitrogens with one attached hydrogen (secondary N) is 3. The summed E-state index contributed by atoms with van der Waals surface area (Å²) >= 11 is 0. The first-order valence-electron chi connectivity index (χ1n) is 10.1. The van der Waals surface area contributed by atoms with Gasteiger partial charge in [-0.2, -0.15) is 0 Å². The van der Waals surface area contributed by atoms with E-state index in [2.05, 4.69) is 20.6 Å². The van der Waals surface area contributed by atoms with Gasteiger partial charge < -0.3 is 20.4 Å². The van der Waals surface area contributed by atoms with E-state index in [1.807, 2.05) is 45.0 Å². The number of aromatic nitrogens is 3. The number of aromatic amines is 1. The van der Waals surface area contributed by atoms with E-state index in [1.165, 1.54) is 0 Å². The number of amides is 2. The number of pyridine rings is 1. The lowest BCUT2D eigenvalue weighted by Gasteiger charge is -2.20. The molecule has 2 amide bonds. The third-order valence-electron chi connectivity index (χ3n) is 6.14. The van der Waals surface area contributed by atoms with E-state index >= 15 is 0 Å². The fraction of sp³-hybridized carbons (Fsp3) is 0.364. The van der Waals surface area contributed by atoms with Crippen molar-refractivity contribution >= 4 is 28.7 Å². The second-order valence-electron chi connectivity index (χ2n) is 8.54. The van der Waals surface area contributed by atoms with Gasteiger partial charge >= 0.3 is 0 Å². The minimum atomic E-state index is -0.593. The van der Waals surface area contributed by atoms with Crippen LogP contribution < -0.4 is 15.4 Å². The van der Waals surface area contributed by atoms with Crippen molar-refractivity contribution in [3.05, 3.63) is 36.2 Å². The average molecular weight is 405 g/mol. The number of anilines is 1. The molecule has 8 heteroatoms. The van der Waals surface area contributed by atoms with Gasteiger partial charge in [0.05, 0.1) is 23.0 Å². The summed E-state index contributed by atoms with van der Waals surface area (Å²) in [4.78, 5) is 36.0. The molecule has 0 bridgehead atoms. The Bertz CT molecular complexity index is 1180. The van der Waals surface area contributed by atoms with Crippen LogP contribution in [0.4, 0.5) is 5.82 Å². The molecule has 0 radical (unpaired) electrons. The van der Waals surface area contributed by atoms with E-state index in [1.54, 1.807) is 6.33 Å². The first-order chi connectivity index (χ1) is 14.3. The Balaban J connectivity index is 1.51. The quantitative estimate of drug-likeness (QED) is 0.618. The van der Waals surface area contributed by atoms with Crippen molar-refractivity contribution in [3.8, 4) is 17.0 Å². The number of carbonyl (C=O) groups is 2. The molecule has 2 atom stereocenters. The van der Waals surface area contributed by atoms with Crippen LogP contribution in [0.2, 0.25) is 0 Å². The summed E-state index contributed by atoms with van der Waals surface area (Å²) in [6.07, 6.45) is 1.95. The van der Waals surface area contributed by atoms with E-state index in [-0.39, 0.29) is 23.8 Å². The molecule has 3 N–H and O–H groups in total. The van der Waals surface area contributed by atoms with Gasteiger partial charge in [-0.25, -0.2) is 9.97 Å². The Hall–Kier alpha value is -3.42. The predicted octanol–water partition coefficient (Wildman–Crippen LogP) is 2.76. The van der Waals surface area contributed by atoms with Crippen LogP contribution in [0.1, 0.15) is 32.8 Å². The highest BCUT2D eigenvalue weighted by atomic mass is 16.5. The molecule has 5 rings (SSSR count). The number of hydrogen-bond acceptors (Lipinski definition) is 5. The smallest absolute Gasteiger partial charge is 0.235 e. The number of carbonyl (C=O) groups excluding carboxylic acids is 2. The third kappa shape index (κ3) is 2.91. The van der Waals surface area contributed by atoms with E-state index in [0.717, 1.165) is 27.9 Å². The number of nitrogens with zero attached hydrogens (tertiary/aromatic N) is 2.